The monoisotopic (exact) mass is 340 g/mol. The van der Waals surface area contributed by atoms with Crippen molar-refractivity contribution in [2.45, 2.75) is 13.5 Å². The second-order valence-corrected chi connectivity index (χ2v) is 6.40. The van der Waals surface area contributed by atoms with Crippen molar-refractivity contribution in [2.24, 2.45) is 0 Å². The lowest BCUT2D eigenvalue weighted by atomic mass is 10.2. The number of amides is 1. The van der Waals surface area contributed by atoms with E-state index >= 15 is 0 Å². The maximum absolute atomic E-state index is 13.3. The number of fused-ring (bicyclic) bond motifs is 1. The summed E-state index contributed by atoms with van der Waals surface area (Å²) in [6.45, 7) is 2.85. The summed E-state index contributed by atoms with van der Waals surface area (Å²) in [7, 11) is 0. The molecule has 3 aromatic rings. The lowest BCUT2D eigenvalue weighted by molar-refractivity contribution is -0.126. The van der Waals surface area contributed by atoms with Gasteiger partial charge in [-0.25, -0.2) is 9.37 Å². The summed E-state index contributed by atoms with van der Waals surface area (Å²) in [4.78, 5) is 18.5. The third-order valence-corrected chi connectivity index (χ3v) is 4.64. The van der Waals surface area contributed by atoms with Crippen molar-refractivity contribution < 1.29 is 9.18 Å². The zero-order valence-corrected chi connectivity index (χ0v) is 14.1. The molecule has 0 aliphatic carbocycles. The van der Waals surface area contributed by atoms with Gasteiger partial charge in [0.05, 0.1) is 10.2 Å². The van der Waals surface area contributed by atoms with Crippen molar-refractivity contribution >= 4 is 33.5 Å². The van der Waals surface area contributed by atoms with Gasteiger partial charge in [0.25, 0.3) is 0 Å². The molecule has 0 saturated carbocycles. The van der Waals surface area contributed by atoms with Crippen molar-refractivity contribution in [1.82, 2.24) is 9.88 Å². The summed E-state index contributed by atoms with van der Waals surface area (Å²) in [6, 6.07) is 14.2. The number of hydrogen-bond acceptors (Lipinski definition) is 3. The SMILES string of the molecule is CCN(Cc1cccc(F)c1)C(=O)/C=C/c1nc2ccccc2s1. The van der Waals surface area contributed by atoms with Crippen LogP contribution in [-0.2, 0) is 11.3 Å². The number of rotatable bonds is 5. The fraction of sp³-hybridized carbons (Fsp3) is 0.158. The average Bonchev–Trinajstić information content (AvgIpc) is 3.00. The first-order valence-corrected chi connectivity index (χ1v) is 8.54. The van der Waals surface area contributed by atoms with Crippen LogP contribution in [0.15, 0.2) is 54.6 Å². The van der Waals surface area contributed by atoms with E-state index < -0.39 is 0 Å². The zero-order valence-electron chi connectivity index (χ0n) is 13.3. The first-order valence-electron chi connectivity index (χ1n) is 7.72. The smallest absolute Gasteiger partial charge is 0.246 e. The topological polar surface area (TPSA) is 33.2 Å². The van der Waals surface area contributed by atoms with E-state index in [2.05, 4.69) is 4.98 Å². The molecule has 0 saturated heterocycles. The van der Waals surface area contributed by atoms with Crippen LogP contribution in [0.2, 0.25) is 0 Å². The molecular weight excluding hydrogens is 323 g/mol. The molecule has 3 nitrogen and oxygen atoms in total. The van der Waals surface area contributed by atoms with Crippen LogP contribution in [0.4, 0.5) is 4.39 Å². The number of nitrogens with zero attached hydrogens (tertiary/aromatic N) is 2. The number of benzene rings is 2. The summed E-state index contributed by atoms with van der Waals surface area (Å²) < 4.78 is 14.4. The van der Waals surface area contributed by atoms with E-state index in [0.29, 0.717) is 13.1 Å². The molecule has 1 aromatic heterocycles. The Bertz CT molecular complexity index is 855. The Labute approximate surface area is 144 Å². The van der Waals surface area contributed by atoms with Crippen molar-refractivity contribution in [3.63, 3.8) is 0 Å². The molecule has 122 valence electrons. The lowest BCUT2D eigenvalue weighted by Crippen LogP contribution is -2.28. The highest BCUT2D eigenvalue weighted by molar-refractivity contribution is 7.19. The number of thiazole rings is 1. The molecule has 0 unspecified atom stereocenters. The van der Waals surface area contributed by atoms with Gasteiger partial charge in [-0.15, -0.1) is 11.3 Å². The summed E-state index contributed by atoms with van der Waals surface area (Å²) in [5, 5.41) is 0.798. The van der Waals surface area contributed by atoms with Gasteiger partial charge in [0.2, 0.25) is 5.91 Å². The maximum atomic E-state index is 13.3. The standard InChI is InChI=1S/C19H17FN2OS/c1-2-22(13-14-6-5-7-15(20)12-14)19(23)11-10-18-21-16-8-3-4-9-17(16)24-18/h3-12H,2,13H2,1H3/b11-10+. The normalized spacial score (nSPS) is 11.2. The average molecular weight is 340 g/mol. The van der Waals surface area contributed by atoms with Gasteiger partial charge >= 0.3 is 0 Å². The number of aromatic nitrogens is 1. The number of hydrogen-bond donors (Lipinski definition) is 0. The Hall–Kier alpha value is -2.53. The fourth-order valence-corrected chi connectivity index (χ4v) is 3.28. The van der Waals surface area contributed by atoms with Crippen molar-refractivity contribution in [3.05, 3.63) is 71.0 Å². The van der Waals surface area contributed by atoms with Gasteiger partial charge in [-0.3, -0.25) is 4.79 Å². The summed E-state index contributed by atoms with van der Waals surface area (Å²) >= 11 is 1.55. The first-order chi connectivity index (χ1) is 11.7. The molecule has 0 atom stereocenters. The summed E-state index contributed by atoms with van der Waals surface area (Å²) in [5.41, 5.74) is 1.71. The zero-order chi connectivity index (χ0) is 16.9. The molecule has 0 aliphatic rings. The van der Waals surface area contributed by atoms with Gasteiger partial charge in [-0.2, -0.15) is 0 Å². The molecule has 0 fully saturated rings. The van der Waals surface area contributed by atoms with Gasteiger partial charge in [0.15, 0.2) is 0 Å². The molecule has 0 aliphatic heterocycles. The largest absolute Gasteiger partial charge is 0.335 e. The highest BCUT2D eigenvalue weighted by atomic mass is 32.1. The molecule has 1 amide bonds. The molecule has 0 N–H and O–H groups in total. The maximum Gasteiger partial charge on any atom is 0.246 e. The van der Waals surface area contributed by atoms with Crippen LogP contribution in [0.25, 0.3) is 16.3 Å². The highest BCUT2D eigenvalue weighted by Gasteiger charge is 2.10. The van der Waals surface area contributed by atoms with Crippen LogP contribution in [-0.4, -0.2) is 22.3 Å². The van der Waals surface area contributed by atoms with Gasteiger partial charge in [-0.05, 0) is 42.8 Å². The lowest BCUT2D eigenvalue weighted by Gasteiger charge is -2.19. The molecule has 5 heteroatoms. The highest BCUT2D eigenvalue weighted by Crippen LogP contribution is 2.22. The number of para-hydroxylation sites is 1. The number of carbonyl (C=O) groups excluding carboxylic acids is 1. The van der Waals surface area contributed by atoms with E-state index in [1.807, 2.05) is 37.3 Å². The molecule has 3 rings (SSSR count). The minimum atomic E-state index is -0.291. The van der Waals surface area contributed by atoms with Gasteiger partial charge in [-0.1, -0.05) is 24.3 Å². The Kier molecular flexibility index (Phi) is 5.01. The minimum Gasteiger partial charge on any atom is -0.335 e. The Morgan fingerprint density at radius 1 is 1.25 bits per heavy atom. The van der Waals surface area contributed by atoms with E-state index in [9.17, 15) is 9.18 Å². The molecule has 0 radical (unpaired) electrons. The Morgan fingerprint density at radius 2 is 2.08 bits per heavy atom. The third kappa shape index (κ3) is 3.86. The number of carbonyl (C=O) groups is 1. The number of likely N-dealkylation sites (N-methyl/N-ethyl adjacent to an activating group) is 1. The van der Waals surface area contributed by atoms with E-state index in [0.717, 1.165) is 20.8 Å². The van der Waals surface area contributed by atoms with E-state index in [1.165, 1.54) is 18.2 Å². The second-order valence-electron chi connectivity index (χ2n) is 5.34. The van der Waals surface area contributed by atoms with Crippen LogP contribution in [0.5, 0.6) is 0 Å². The predicted octanol–water partition coefficient (Wildman–Crippen LogP) is 4.50. The van der Waals surface area contributed by atoms with Gasteiger partial charge < -0.3 is 4.90 Å². The Balaban J connectivity index is 1.71. The second kappa shape index (κ2) is 7.36. The van der Waals surface area contributed by atoms with E-state index in [-0.39, 0.29) is 11.7 Å². The van der Waals surface area contributed by atoms with Crippen molar-refractivity contribution in [2.75, 3.05) is 6.54 Å². The fourth-order valence-electron chi connectivity index (χ4n) is 2.41. The molecule has 2 aromatic carbocycles. The molecule has 24 heavy (non-hydrogen) atoms. The van der Waals surface area contributed by atoms with Crippen molar-refractivity contribution in [3.8, 4) is 0 Å². The van der Waals surface area contributed by atoms with Gasteiger partial charge in [0, 0.05) is 19.2 Å². The summed E-state index contributed by atoms with van der Waals surface area (Å²) in [6.07, 6.45) is 3.27. The molecule has 0 spiro atoms. The predicted molar refractivity (Wildman–Crippen MR) is 96.1 cm³/mol. The van der Waals surface area contributed by atoms with Crippen LogP contribution in [0.3, 0.4) is 0 Å². The first kappa shape index (κ1) is 16.3. The van der Waals surface area contributed by atoms with E-state index in [4.69, 9.17) is 0 Å². The van der Waals surface area contributed by atoms with Crippen LogP contribution >= 0.6 is 11.3 Å². The number of halogens is 1. The molecular formula is C19H17FN2OS. The van der Waals surface area contributed by atoms with Crippen LogP contribution in [0.1, 0.15) is 17.5 Å². The summed E-state index contributed by atoms with van der Waals surface area (Å²) in [5.74, 6) is -0.401. The molecule has 1 heterocycles. The Morgan fingerprint density at radius 3 is 2.83 bits per heavy atom. The van der Waals surface area contributed by atoms with Crippen LogP contribution in [0, 0.1) is 5.82 Å². The quantitative estimate of drug-likeness (QED) is 0.641. The van der Waals surface area contributed by atoms with E-state index in [1.54, 1.807) is 28.4 Å². The van der Waals surface area contributed by atoms with Gasteiger partial charge in [0.1, 0.15) is 10.8 Å². The van der Waals surface area contributed by atoms with Crippen LogP contribution < -0.4 is 0 Å². The van der Waals surface area contributed by atoms with Crippen molar-refractivity contribution in [1.29, 1.82) is 0 Å². The minimum absolute atomic E-state index is 0.110. The molecule has 0 bridgehead atoms. The third-order valence-electron chi connectivity index (χ3n) is 3.63.